The number of aromatic hydroxyl groups is 1. The Morgan fingerprint density at radius 3 is 2.13 bits per heavy atom. The summed E-state index contributed by atoms with van der Waals surface area (Å²) in [6.07, 6.45) is 0.667. The number of phenols is 1. The highest BCUT2D eigenvalue weighted by atomic mass is 16.4. The molecule has 0 aliphatic heterocycles. The molecule has 4 nitrogen and oxygen atoms in total. The van der Waals surface area contributed by atoms with Crippen LogP contribution in [0, 0.1) is 0 Å². The molecule has 0 bridgehead atoms. The Balaban J connectivity index is 1.78. The SMILES string of the molecule is O=Cc1c(O)c(-c2nc(-c3ccccc3)c(-c3ccccc3)o2)cc2ccccc12. The lowest BCUT2D eigenvalue weighted by atomic mass is 10.00. The van der Waals surface area contributed by atoms with Crippen LogP contribution in [0.4, 0.5) is 0 Å². The molecule has 0 saturated carbocycles. The molecule has 0 amide bonds. The van der Waals surface area contributed by atoms with Crippen LogP contribution in [-0.4, -0.2) is 16.4 Å². The van der Waals surface area contributed by atoms with Gasteiger partial charge in [0.2, 0.25) is 5.89 Å². The average Bonchev–Trinajstić information content (AvgIpc) is 3.25. The van der Waals surface area contributed by atoms with E-state index >= 15 is 0 Å². The molecule has 5 rings (SSSR count). The summed E-state index contributed by atoms with van der Waals surface area (Å²) in [5.41, 5.74) is 3.07. The maximum Gasteiger partial charge on any atom is 0.231 e. The van der Waals surface area contributed by atoms with E-state index in [9.17, 15) is 9.90 Å². The van der Waals surface area contributed by atoms with Crippen molar-refractivity contribution in [1.82, 2.24) is 4.98 Å². The number of carbonyl (C=O) groups excluding carboxylic acids is 1. The van der Waals surface area contributed by atoms with Gasteiger partial charge in [-0.05, 0) is 16.8 Å². The van der Waals surface area contributed by atoms with E-state index in [4.69, 9.17) is 9.40 Å². The van der Waals surface area contributed by atoms with Gasteiger partial charge in [0.05, 0.1) is 11.1 Å². The van der Waals surface area contributed by atoms with Crippen LogP contribution in [0.15, 0.2) is 95.4 Å². The van der Waals surface area contributed by atoms with Crippen LogP contribution in [0.3, 0.4) is 0 Å². The van der Waals surface area contributed by atoms with Crippen molar-refractivity contribution >= 4 is 17.1 Å². The van der Waals surface area contributed by atoms with Crippen molar-refractivity contribution in [3.8, 4) is 39.8 Å². The van der Waals surface area contributed by atoms with Crippen molar-refractivity contribution in [2.75, 3.05) is 0 Å². The first-order chi connectivity index (χ1) is 14.8. The fourth-order valence-corrected chi connectivity index (χ4v) is 3.66. The predicted molar refractivity (Wildman–Crippen MR) is 117 cm³/mol. The van der Waals surface area contributed by atoms with Crippen LogP contribution in [-0.2, 0) is 0 Å². The maximum atomic E-state index is 11.7. The molecule has 5 aromatic rings. The number of aromatic nitrogens is 1. The Bertz CT molecular complexity index is 1300. The number of hydrogen-bond donors (Lipinski definition) is 1. The zero-order valence-electron chi connectivity index (χ0n) is 15.9. The molecule has 4 heteroatoms. The van der Waals surface area contributed by atoms with E-state index < -0.39 is 0 Å². The molecule has 1 heterocycles. The number of oxazole rings is 1. The van der Waals surface area contributed by atoms with Crippen molar-refractivity contribution in [1.29, 1.82) is 0 Å². The van der Waals surface area contributed by atoms with Crippen LogP contribution in [0.2, 0.25) is 0 Å². The minimum Gasteiger partial charge on any atom is -0.506 e. The minimum absolute atomic E-state index is 0.135. The number of fused-ring (bicyclic) bond motifs is 1. The van der Waals surface area contributed by atoms with Gasteiger partial charge in [0.25, 0.3) is 0 Å². The van der Waals surface area contributed by atoms with Crippen LogP contribution >= 0.6 is 0 Å². The maximum absolute atomic E-state index is 11.7. The molecule has 1 aromatic heterocycles. The smallest absolute Gasteiger partial charge is 0.231 e. The van der Waals surface area contributed by atoms with Crippen LogP contribution < -0.4 is 0 Å². The van der Waals surface area contributed by atoms with Gasteiger partial charge in [-0.2, -0.15) is 0 Å². The molecule has 0 fully saturated rings. The van der Waals surface area contributed by atoms with Crippen molar-refractivity contribution in [3.05, 3.63) is 96.6 Å². The molecule has 0 aliphatic carbocycles. The number of carbonyl (C=O) groups is 1. The molecule has 0 radical (unpaired) electrons. The molecule has 0 unspecified atom stereocenters. The first-order valence-electron chi connectivity index (χ1n) is 9.58. The molecular formula is C26H17NO3. The van der Waals surface area contributed by atoms with E-state index in [1.165, 1.54) is 0 Å². The van der Waals surface area contributed by atoms with Crippen molar-refractivity contribution in [3.63, 3.8) is 0 Å². The summed E-state index contributed by atoms with van der Waals surface area (Å²) in [6, 6.07) is 28.7. The number of nitrogens with zero attached hydrogens (tertiary/aromatic N) is 1. The largest absolute Gasteiger partial charge is 0.506 e. The number of phenolic OH excluding ortho intramolecular Hbond substituents is 1. The van der Waals surface area contributed by atoms with Crippen LogP contribution in [0.1, 0.15) is 10.4 Å². The van der Waals surface area contributed by atoms with Gasteiger partial charge >= 0.3 is 0 Å². The summed E-state index contributed by atoms with van der Waals surface area (Å²) in [7, 11) is 0. The van der Waals surface area contributed by atoms with E-state index in [1.807, 2.05) is 84.9 Å². The predicted octanol–water partition coefficient (Wildman–Crippen LogP) is 6.35. The van der Waals surface area contributed by atoms with E-state index in [0.717, 1.165) is 16.5 Å². The van der Waals surface area contributed by atoms with Gasteiger partial charge in [-0.15, -0.1) is 0 Å². The second-order valence-electron chi connectivity index (χ2n) is 6.95. The summed E-state index contributed by atoms with van der Waals surface area (Å²) in [5, 5.41) is 12.4. The molecule has 0 saturated heterocycles. The van der Waals surface area contributed by atoms with Gasteiger partial charge in [0.15, 0.2) is 12.0 Å². The first kappa shape index (κ1) is 17.9. The van der Waals surface area contributed by atoms with Gasteiger partial charge in [0, 0.05) is 11.1 Å². The minimum atomic E-state index is -0.135. The van der Waals surface area contributed by atoms with E-state index in [0.29, 0.717) is 28.7 Å². The van der Waals surface area contributed by atoms with Crippen molar-refractivity contribution in [2.45, 2.75) is 0 Å². The Hall–Kier alpha value is -4.18. The Morgan fingerprint density at radius 1 is 0.800 bits per heavy atom. The standard InChI is InChI=1S/C26H17NO3/c28-16-22-20-14-8-7-13-19(20)15-21(24(22)29)26-27-23(17-9-3-1-4-10-17)25(30-26)18-11-5-2-6-12-18/h1-16,29H. The molecule has 144 valence electrons. The third kappa shape index (κ3) is 2.95. The van der Waals surface area contributed by atoms with Gasteiger partial charge < -0.3 is 9.52 Å². The summed E-state index contributed by atoms with van der Waals surface area (Å²) in [5.74, 6) is 0.736. The van der Waals surface area contributed by atoms with Gasteiger partial charge in [-0.1, -0.05) is 84.9 Å². The first-order valence-corrected chi connectivity index (χ1v) is 9.58. The monoisotopic (exact) mass is 391 g/mol. The lowest BCUT2D eigenvalue weighted by molar-refractivity contribution is 0.112. The lowest BCUT2D eigenvalue weighted by Gasteiger charge is -2.07. The van der Waals surface area contributed by atoms with Crippen LogP contribution in [0.25, 0.3) is 44.8 Å². The highest BCUT2D eigenvalue weighted by molar-refractivity contribution is 6.04. The van der Waals surface area contributed by atoms with E-state index in [-0.39, 0.29) is 17.2 Å². The molecule has 4 aromatic carbocycles. The summed E-state index contributed by atoms with van der Waals surface area (Å²) >= 11 is 0. The second kappa shape index (κ2) is 7.33. The average molecular weight is 391 g/mol. The van der Waals surface area contributed by atoms with Gasteiger partial charge in [-0.3, -0.25) is 4.79 Å². The third-order valence-corrected chi connectivity index (χ3v) is 5.12. The molecule has 30 heavy (non-hydrogen) atoms. The van der Waals surface area contributed by atoms with Crippen molar-refractivity contribution in [2.24, 2.45) is 0 Å². The normalized spacial score (nSPS) is 10.9. The fourth-order valence-electron chi connectivity index (χ4n) is 3.66. The fraction of sp³-hybridized carbons (Fsp3) is 0. The summed E-state index contributed by atoms with van der Waals surface area (Å²) < 4.78 is 6.18. The van der Waals surface area contributed by atoms with E-state index in [1.54, 1.807) is 6.07 Å². The number of rotatable bonds is 4. The lowest BCUT2D eigenvalue weighted by Crippen LogP contribution is -1.89. The summed E-state index contributed by atoms with van der Waals surface area (Å²) in [4.78, 5) is 16.5. The Labute approximate surface area is 173 Å². The number of aldehydes is 1. The zero-order chi connectivity index (χ0) is 20.5. The third-order valence-electron chi connectivity index (χ3n) is 5.12. The van der Waals surface area contributed by atoms with Crippen molar-refractivity contribution < 1.29 is 14.3 Å². The van der Waals surface area contributed by atoms with Gasteiger partial charge in [0.1, 0.15) is 11.4 Å². The summed E-state index contributed by atoms with van der Waals surface area (Å²) in [6.45, 7) is 0. The quantitative estimate of drug-likeness (QED) is 0.363. The molecular weight excluding hydrogens is 374 g/mol. The Kier molecular flexibility index (Phi) is 4.37. The van der Waals surface area contributed by atoms with Gasteiger partial charge in [-0.25, -0.2) is 4.98 Å². The second-order valence-corrected chi connectivity index (χ2v) is 6.95. The number of hydrogen-bond acceptors (Lipinski definition) is 4. The highest BCUT2D eigenvalue weighted by Crippen LogP contribution is 2.41. The molecule has 0 spiro atoms. The van der Waals surface area contributed by atoms with Crippen LogP contribution in [0.5, 0.6) is 5.75 Å². The molecule has 1 N–H and O–H groups in total. The van der Waals surface area contributed by atoms with E-state index in [2.05, 4.69) is 0 Å². The number of benzene rings is 4. The zero-order valence-corrected chi connectivity index (χ0v) is 15.9. The molecule has 0 atom stereocenters. The molecule has 0 aliphatic rings. The topological polar surface area (TPSA) is 63.3 Å². The Morgan fingerprint density at radius 2 is 1.43 bits per heavy atom. The highest BCUT2D eigenvalue weighted by Gasteiger charge is 2.22.